The Hall–Kier alpha value is -1.65. The van der Waals surface area contributed by atoms with Crippen LogP contribution >= 0.6 is 11.3 Å². The van der Waals surface area contributed by atoms with Crippen LogP contribution in [0.5, 0.6) is 0 Å². The first kappa shape index (κ1) is 16.7. The Morgan fingerprint density at radius 2 is 1.91 bits per heavy atom. The number of aliphatic hydroxyl groups is 1. The molecule has 1 atom stereocenters. The molecule has 0 saturated carbocycles. The second kappa shape index (κ2) is 7.56. The molecule has 0 aliphatic rings. The summed E-state index contributed by atoms with van der Waals surface area (Å²) in [6, 6.07) is 10.2. The molecule has 1 heterocycles. The Morgan fingerprint density at radius 1 is 1.23 bits per heavy atom. The largest absolute Gasteiger partial charge is 0.384 e. The normalized spacial score (nSPS) is 13.6. The van der Waals surface area contributed by atoms with Crippen LogP contribution in [0.4, 0.5) is 0 Å². The minimum Gasteiger partial charge on any atom is -0.384 e. The minimum atomic E-state index is -1.02. The lowest BCUT2D eigenvalue weighted by Crippen LogP contribution is -2.38. The number of carbonyl (C=O) groups excluding carboxylic acids is 1. The van der Waals surface area contributed by atoms with Crippen molar-refractivity contribution in [1.29, 1.82) is 0 Å². The van der Waals surface area contributed by atoms with Crippen LogP contribution in [0.15, 0.2) is 41.1 Å². The summed E-state index contributed by atoms with van der Waals surface area (Å²) < 4.78 is 0. The minimum absolute atomic E-state index is 0.0323. The van der Waals surface area contributed by atoms with Gasteiger partial charge in [0.05, 0.1) is 6.54 Å². The molecular formula is C18H23NO2S. The summed E-state index contributed by atoms with van der Waals surface area (Å²) in [4.78, 5) is 11.9. The fourth-order valence-corrected chi connectivity index (χ4v) is 3.01. The molecule has 0 spiro atoms. The first-order chi connectivity index (χ1) is 10.5. The van der Waals surface area contributed by atoms with E-state index in [0.29, 0.717) is 6.42 Å². The number of rotatable bonds is 7. The number of carbonyl (C=O) groups is 1. The van der Waals surface area contributed by atoms with Gasteiger partial charge in [-0.2, -0.15) is 11.3 Å². The molecular weight excluding hydrogens is 294 g/mol. The van der Waals surface area contributed by atoms with Gasteiger partial charge in [0.1, 0.15) is 5.60 Å². The maximum atomic E-state index is 11.9. The zero-order chi connectivity index (χ0) is 16.0. The average Bonchev–Trinajstić information content (AvgIpc) is 3.07. The van der Waals surface area contributed by atoms with Gasteiger partial charge in [-0.15, -0.1) is 0 Å². The lowest BCUT2D eigenvalue weighted by atomic mass is 9.99. The molecule has 22 heavy (non-hydrogen) atoms. The van der Waals surface area contributed by atoms with Crippen LogP contribution < -0.4 is 5.32 Å². The smallest absolute Gasteiger partial charge is 0.220 e. The van der Waals surface area contributed by atoms with E-state index in [0.717, 1.165) is 24.0 Å². The zero-order valence-corrected chi connectivity index (χ0v) is 14.0. The molecule has 118 valence electrons. The molecule has 0 fully saturated rings. The molecule has 0 bridgehead atoms. The molecule has 1 aromatic carbocycles. The van der Waals surface area contributed by atoms with Crippen LogP contribution in [0, 0.1) is 0 Å². The van der Waals surface area contributed by atoms with Crippen LogP contribution in [0.2, 0.25) is 0 Å². The van der Waals surface area contributed by atoms with E-state index >= 15 is 0 Å². The van der Waals surface area contributed by atoms with Gasteiger partial charge in [-0.25, -0.2) is 0 Å². The van der Waals surface area contributed by atoms with Gasteiger partial charge in [-0.1, -0.05) is 31.2 Å². The molecule has 2 N–H and O–H groups in total. The number of hydrogen-bond acceptors (Lipinski definition) is 3. The SMILES string of the molecule is CCc1ccc(CCC(=O)NCC(C)(O)c2ccsc2)cc1. The molecule has 4 heteroatoms. The van der Waals surface area contributed by atoms with Crippen LogP contribution in [-0.4, -0.2) is 17.6 Å². The van der Waals surface area contributed by atoms with Gasteiger partial charge in [0, 0.05) is 6.42 Å². The number of amides is 1. The average molecular weight is 317 g/mol. The molecule has 1 aromatic heterocycles. The van der Waals surface area contributed by atoms with E-state index in [1.807, 2.05) is 16.8 Å². The number of nitrogens with one attached hydrogen (secondary N) is 1. The van der Waals surface area contributed by atoms with Crippen LogP contribution in [-0.2, 0) is 23.2 Å². The lowest BCUT2D eigenvalue weighted by molar-refractivity contribution is -0.122. The third-order valence-electron chi connectivity index (χ3n) is 3.84. The van der Waals surface area contributed by atoms with Gasteiger partial charge in [0.25, 0.3) is 0 Å². The highest BCUT2D eigenvalue weighted by atomic mass is 32.1. The monoisotopic (exact) mass is 317 g/mol. The van der Waals surface area contributed by atoms with Crippen molar-refractivity contribution in [1.82, 2.24) is 5.32 Å². The molecule has 0 aliphatic carbocycles. The van der Waals surface area contributed by atoms with Gasteiger partial charge in [-0.3, -0.25) is 4.79 Å². The summed E-state index contributed by atoms with van der Waals surface area (Å²) in [6.07, 6.45) is 2.18. The predicted octanol–water partition coefficient (Wildman–Crippen LogP) is 3.27. The maximum absolute atomic E-state index is 11.9. The van der Waals surface area contributed by atoms with Gasteiger partial charge in [-0.05, 0) is 53.3 Å². The van der Waals surface area contributed by atoms with Crippen molar-refractivity contribution in [2.45, 2.75) is 38.7 Å². The lowest BCUT2D eigenvalue weighted by Gasteiger charge is -2.22. The van der Waals surface area contributed by atoms with E-state index in [1.165, 1.54) is 16.9 Å². The van der Waals surface area contributed by atoms with Gasteiger partial charge < -0.3 is 10.4 Å². The Morgan fingerprint density at radius 3 is 2.50 bits per heavy atom. The molecule has 3 nitrogen and oxygen atoms in total. The maximum Gasteiger partial charge on any atom is 0.220 e. The molecule has 1 unspecified atom stereocenters. The highest BCUT2D eigenvalue weighted by Crippen LogP contribution is 2.22. The summed E-state index contributed by atoms with van der Waals surface area (Å²) >= 11 is 1.54. The highest BCUT2D eigenvalue weighted by Gasteiger charge is 2.23. The molecule has 0 saturated heterocycles. The topological polar surface area (TPSA) is 49.3 Å². The Balaban J connectivity index is 1.78. The summed E-state index contributed by atoms with van der Waals surface area (Å²) in [5, 5.41) is 17.0. The summed E-state index contributed by atoms with van der Waals surface area (Å²) in [6.45, 7) is 4.08. The van der Waals surface area contributed by atoms with E-state index < -0.39 is 5.60 Å². The Labute approximate surface area is 136 Å². The second-order valence-electron chi connectivity index (χ2n) is 5.73. The molecule has 0 radical (unpaired) electrons. The highest BCUT2D eigenvalue weighted by molar-refractivity contribution is 7.08. The van der Waals surface area contributed by atoms with E-state index in [4.69, 9.17) is 0 Å². The quantitative estimate of drug-likeness (QED) is 0.823. The zero-order valence-electron chi connectivity index (χ0n) is 13.1. The summed E-state index contributed by atoms with van der Waals surface area (Å²) in [5.74, 6) is -0.0323. The van der Waals surface area contributed by atoms with Crippen LogP contribution in [0.3, 0.4) is 0 Å². The van der Waals surface area contributed by atoms with Crippen molar-refractivity contribution in [2.24, 2.45) is 0 Å². The molecule has 2 rings (SSSR count). The van der Waals surface area contributed by atoms with E-state index in [-0.39, 0.29) is 12.5 Å². The van der Waals surface area contributed by atoms with Gasteiger partial charge in [0.15, 0.2) is 0 Å². The fourth-order valence-electron chi connectivity index (χ4n) is 2.23. The van der Waals surface area contributed by atoms with E-state index in [2.05, 4.69) is 36.5 Å². The van der Waals surface area contributed by atoms with Crippen LogP contribution in [0.1, 0.15) is 37.0 Å². The van der Waals surface area contributed by atoms with Crippen molar-refractivity contribution in [3.63, 3.8) is 0 Å². The van der Waals surface area contributed by atoms with Gasteiger partial charge >= 0.3 is 0 Å². The predicted molar refractivity (Wildman–Crippen MR) is 91.0 cm³/mol. The van der Waals surface area contributed by atoms with Crippen molar-refractivity contribution in [3.8, 4) is 0 Å². The number of hydrogen-bond donors (Lipinski definition) is 2. The molecule has 0 aliphatic heterocycles. The summed E-state index contributed by atoms with van der Waals surface area (Å²) in [7, 11) is 0. The van der Waals surface area contributed by atoms with Crippen molar-refractivity contribution >= 4 is 17.2 Å². The van der Waals surface area contributed by atoms with Crippen molar-refractivity contribution in [2.75, 3.05) is 6.54 Å². The molecule has 2 aromatic rings. The Bertz CT molecular complexity index is 588. The summed E-state index contributed by atoms with van der Waals surface area (Å²) in [5.41, 5.74) is 2.29. The first-order valence-corrected chi connectivity index (χ1v) is 8.55. The van der Waals surface area contributed by atoms with Gasteiger partial charge in [0.2, 0.25) is 5.91 Å². The van der Waals surface area contributed by atoms with Crippen molar-refractivity contribution in [3.05, 3.63) is 57.8 Å². The third-order valence-corrected chi connectivity index (χ3v) is 4.53. The van der Waals surface area contributed by atoms with E-state index in [1.54, 1.807) is 6.92 Å². The van der Waals surface area contributed by atoms with E-state index in [9.17, 15) is 9.90 Å². The van der Waals surface area contributed by atoms with Crippen molar-refractivity contribution < 1.29 is 9.90 Å². The Kier molecular flexibility index (Phi) is 5.75. The fraction of sp³-hybridized carbons (Fsp3) is 0.389. The standard InChI is InChI=1S/C18H23NO2S/c1-3-14-4-6-15(7-5-14)8-9-17(20)19-13-18(2,21)16-10-11-22-12-16/h4-7,10-12,21H,3,8-9,13H2,1-2H3,(H,19,20). The third kappa shape index (κ3) is 4.68. The number of aryl methyl sites for hydroxylation is 2. The number of thiophene rings is 1. The number of benzene rings is 1. The second-order valence-corrected chi connectivity index (χ2v) is 6.51. The first-order valence-electron chi connectivity index (χ1n) is 7.61. The van der Waals surface area contributed by atoms with Crippen LogP contribution in [0.25, 0.3) is 0 Å². The molecule has 1 amide bonds.